The first-order valence-corrected chi connectivity index (χ1v) is 16.9. The number of para-hydroxylation sites is 1. The van der Waals surface area contributed by atoms with Crippen LogP contribution in [0.5, 0.6) is 0 Å². The Kier molecular flexibility index (Phi) is 11.6. The zero-order valence-electron chi connectivity index (χ0n) is 23.1. The molecule has 1 heterocycles. The molecule has 1 aliphatic rings. The quantitative estimate of drug-likeness (QED) is 0.179. The highest BCUT2D eigenvalue weighted by Gasteiger charge is 2.23. The van der Waals surface area contributed by atoms with Crippen LogP contribution in [0.2, 0.25) is 0 Å². The number of nitrogens with one attached hydrogen (secondary N) is 2. The minimum Gasteiger partial charge on any atom is -0.446 e. The van der Waals surface area contributed by atoms with Crippen molar-refractivity contribution >= 4 is 59.7 Å². The second-order valence-corrected chi connectivity index (χ2v) is 13.3. The first-order valence-electron chi connectivity index (χ1n) is 13.5. The number of anilines is 1. The van der Waals surface area contributed by atoms with Crippen molar-refractivity contribution in [3.05, 3.63) is 86.8 Å². The maximum atomic E-state index is 12.7. The molecular weight excluding hydrogens is 690 g/mol. The van der Waals surface area contributed by atoms with Crippen molar-refractivity contribution in [1.82, 2.24) is 10.2 Å². The van der Waals surface area contributed by atoms with Gasteiger partial charge in [0.2, 0.25) is 0 Å². The molecule has 1 saturated heterocycles. The molecule has 12 heteroatoms. The lowest BCUT2D eigenvalue weighted by Gasteiger charge is -2.31. The fraction of sp³-hybridized carbons (Fsp3) is 0.333. The Morgan fingerprint density at radius 3 is 2.38 bits per heavy atom. The molecule has 3 aromatic carbocycles. The van der Waals surface area contributed by atoms with Gasteiger partial charge < -0.3 is 15.0 Å². The van der Waals surface area contributed by atoms with Crippen LogP contribution in [0, 0.1) is 0 Å². The highest BCUT2D eigenvalue weighted by Crippen LogP contribution is 2.29. The van der Waals surface area contributed by atoms with Gasteiger partial charge in [-0.3, -0.25) is 14.3 Å². The average Bonchev–Trinajstić information content (AvgIpc) is 2.96. The fourth-order valence-electron chi connectivity index (χ4n) is 4.65. The van der Waals surface area contributed by atoms with Crippen molar-refractivity contribution in [3.63, 3.8) is 0 Å². The van der Waals surface area contributed by atoms with Crippen molar-refractivity contribution in [1.29, 1.82) is 0 Å². The van der Waals surface area contributed by atoms with Crippen molar-refractivity contribution in [2.24, 2.45) is 0 Å². The lowest BCUT2D eigenvalue weighted by atomic mass is 10.0. The van der Waals surface area contributed by atoms with E-state index < -0.39 is 16.2 Å². The van der Waals surface area contributed by atoms with Gasteiger partial charge in [-0.05, 0) is 71.1 Å². The average molecular weight is 723 g/mol. The van der Waals surface area contributed by atoms with Crippen molar-refractivity contribution < 1.29 is 26.9 Å². The second kappa shape index (κ2) is 15.1. The zero-order chi connectivity index (χ0) is 30.1. The Hall–Kier alpha value is -2.77. The third-order valence-corrected chi connectivity index (χ3v) is 8.74. The van der Waals surface area contributed by atoms with Gasteiger partial charge in [0.05, 0.1) is 24.1 Å². The lowest BCUT2D eigenvalue weighted by molar-refractivity contribution is 0.0587. The van der Waals surface area contributed by atoms with Gasteiger partial charge in [-0.2, -0.15) is 8.42 Å². The summed E-state index contributed by atoms with van der Waals surface area (Å²) in [6, 6.07) is 20.9. The van der Waals surface area contributed by atoms with E-state index in [9.17, 15) is 18.0 Å². The number of hydrogen-bond acceptors (Lipinski definition) is 7. The maximum Gasteiger partial charge on any atom is 0.411 e. The second-order valence-electron chi connectivity index (χ2n) is 9.98. The van der Waals surface area contributed by atoms with Crippen molar-refractivity contribution in [2.45, 2.75) is 32.0 Å². The highest BCUT2D eigenvalue weighted by molar-refractivity contribution is 9.11. The lowest BCUT2D eigenvalue weighted by Crippen LogP contribution is -2.39. The van der Waals surface area contributed by atoms with E-state index in [1.165, 1.54) is 0 Å². The molecule has 224 valence electrons. The molecule has 1 aliphatic heterocycles. The molecule has 2 N–H and O–H groups in total. The van der Waals surface area contributed by atoms with E-state index in [2.05, 4.69) is 47.4 Å². The summed E-state index contributed by atoms with van der Waals surface area (Å²) in [5, 5.41) is 5.84. The maximum absolute atomic E-state index is 12.7. The van der Waals surface area contributed by atoms with E-state index in [1.54, 1.807) is 12.1 Å². The largest absolute Gasteiger partial charge is 0.446 e. The van der Waals surface area contributed by atoms with Crippen LogP contribution in [0.3, 0.4) is 0 Å². The molecule has 42 heavy (non-hydrogen) atoms. The minimum atomic E-state index is -3.58. The number of benzene rings is 3. The van der Waals surface area contributed by atoms with Crippen LogP contribution < -0.4 is 10.6 Å². The van der Waals surface area contributed by atoms with E-state index >= 15 is 0 Å². The summed E-state index contributed by atoms with van der Waals surface area (Å²) >= 11 is 6.78. The highest BCUT2D eigenvalue weighted by atomic mass is 79.9. The van der Waals surface area contributed by atoms with Gasteiger partial charge in [-0.15, -0.1) is 0 Å². The molecule has 0 unspecified atom stereocenters. The van der Waals surface area contributed by atoms with Gasteiger partial charge in [0.1, 0.15) is 6.10 Å². The van der Waals surface area contributed by atoms with Crippen LogP contribution in [0.4, 0.5) is 10.5 Å². The molecule has 0 spiro atoms. The molecule has 0 aromatic heterocycles. The molecule has 0 bridgehead atoms. The molecule has 0 saturated carbocycles. The number of rotatable bonds is 11. The van der Waals surface area contributed by atoms with Crippen LogP contribution in [0.1, 0.15) is 35.2 Å². The SMILES string of the molecule is CS(=O)(=O)OCc1cc(Br)c(C(=O)NCCCN2CCC(OC(=O)Nc3ccccc3-c3ccccc3)CC2)cc1Br. The number of carbonyl (C=O) groups excluding carboxylic acids is 2. The summed E-state index contributed by atoms with van der Waals surface area (Å²) < 4.78 is 34.2. The molecule has 0 atom stereocenters. The number of amides is 2. The van der Waals surface area contributed by atoms with Crippen LogP contribution in [0.15, 0.2) is 75.7 Å². The number of carbonyl (C=O) groups is 2. The number of piperidine rings is 1. The van der Waals surface area contributed by atoms with E-state index in [0.29, 0.717) is 32.3 Å². The number of ether oxygens (including phenoxy) is 1. The van der Waals surface area contributed by atoms with Crippen molar-refractivity contribution in [2.75, 3.05) is 37.8 Å². The molecule has 2 amide bonds. The summed E-state index contributed by atoms with van der Waals surface area (Å²) in [5.74, 6) is -0.231. The van der Waals surface area contributed by atoms with Crippen LogP contribution in [0.25, 0.3) is 11.1 Å². The number of likely N-dealkylation sites (tertiary alicyclic amines) is 1. The van der Waals surface area contributed by atoms with Gasteiger partial charge in [0, 0.05) is 34.1 Å². The monoisotopic (exact) mass is 721 g/mol. The number of halogens is 2. The molecule has 3 aromatic rings. The van der Waals surface area contributed by atoms with Gasteiger partial charge in [0.25, 0.3) is 16.0 Å². The Labute approximate surface area is 263 Å². The zero-order valence-corrected chi connectivity index (χ0v) is 27.1. The third-order valence-electron chi connectivity index (χ3n) is 6.80. The molecule has 0 aliphatic carbocycles. The predicted molar refractivity (Wildman–Crippen MR) is 170 cm³/mol. The Morgan fingerprint density at radius 1 is 0.976 bits per heavy atom. The summed E-state index contributed by atoms with van der Waals surface area (Å²) in [4.78, 5) is 27.7. The molecule has 1 fully saturated rings. The fourth-order valence-corrected chi connectivity index (χ4v) is 6.02. The molecular formula is C30H33Br2N3O6S. The predicted octanol–water partition coefficient (Wildman–Crippen LogP) is 6.19. The summed E-state index contributed by atoms with van der Waals surface area (Å²) in [5.41, 5.74) is 3.71. The van der Waals surface area contributed by atoms with E-state index in [-0.39, 0.29) is 18.6 Å². The Balaban J connectivity index is 1.17. The van der Waals surface area contributed by atoms with Gasteiger partial charge in [0.15, 0.2) is 0 Å². The van der Waals surface area contributed by atoms with Gasteiger partial charge in [-0.1, -0.05) is 64.5 Å². The summed E-state index contributed by atoms with van der Waals surface area (Å²) in [6.07, 6.45) is 2.65. The number of hydrogen-bond donors (Lipinski definition) is 2. The van der Waals surface area contributed by atoms with Crippen LogP contribution >= 0.6 is 31.9 Å². The smallest absolute Gasteiger partial charge is 0.411 e. The van der Waals surface area contributed by atoms with Crippen LogP contribution in [-0.2, 0) is 25.6 Å². The van der Waals surface area contributed by atoms with Crippen molar-refractivity contribution in [3.8, 4) is 11.1 Å². The van der Waals surface area contributed by atoms with E-state index in [4.69, 9.17) is 8.92 Å². The summed E-state index contributed by atoms with van der Waals surface area (Å²) in [7, 11) is -3.58. The van der Waals surface area contributed by atoms with E-state index in [1.807, 2.05) is 54.6 Å². The summed E-state index contributed by atoms with van der Waals surface area (Å²) in [6.45, 7) is 2.80. The molecule has 0 radical (unpaired) electrons. The van der Waals surface area contributed by atoms with Gasteiger partial charge in [-0.25, -0.2) is 4.79 Å². The third kappa shape index (κ3) is 9.63. The topological polar surface area (TPSA) is 114 Å². The standard InChI is InChI=1S/C30H33Br2N3O6S/c1-42(38,39)40-20-22-18-27(32)25(19-26(22)31)29(36)33-14-7-15-35-16-12-23(13-17-35)41-30(37)34-28-11-6-5-10-24(28)21-8-3-2-4-9-21/h2-6,8-11,18-19,23H,7,12-17,20H2,1H3,(H,33,36)(H,34,37). The first kappa shape index (κ1) is 32.2. The number of nitrogens with zero attached hydrogens (tertiary/aromatic N) is 1. The van der Waals surface area contributed by atoms with E-state index in [0.717, 1.165) is 56.3 Å². The molecule has 9 nitrogen and oxygen atoms in total. The first-order chi connectivity index (χ1) is 20.1. The Morgan fingerprint density at radius 2 is 1.67 bits per heavy atom. The van der Waals surface area contributed by atoms with Crippen LogP contribution in [-0.4, -0.2) is 63.9 Å². The van der Waals surface area contributed by atoms with Gasteiger partial charge >= 0.3 is 6.09 Å². The normalized spacial score (nSPS) is 14.4. The Bertz CT molecular complexity index is 1500. The molecule has 4 rings (SSSR count). The minimum absolute atomic E-state index is 0.130.